The average molecular weight is 1260 g/mol. The van der Waals surface area contributed by atoms with E-state index in [0.717, 1.165) is 44.9 Å². The maximum absolute atomic E-state index is 13.3. The molecule has 1 rings (SSSR count). The Morgan fingerprint density at radius 1 is 0.393 bits per heavy atom. The third-order valence-electron chi connectivity index (χ3n) is 18.6. The van der Waals surface area contributed by atoms with Crippen LogP contribution in [0.25, 0.3) is 0 Å². The van der Waals surface area contributed by atoms with Crippen molar-refractivity contribution >= 4 is 5.91 Å². The summed E-state index contributed by atoms with van der Waals surface area (Å²) in [5.41, 5.74) is 0. The lowest BCUT2D eigenvalue weighted by molar-refractivity contribution is -0.303. The highest BCUT2D eigenvalue weighted by molar-refractivity contribution is 5.80. The number of rotatable bonds is 68. The maximum Gasteiger partial charge on any atom is 0.249 e. The lowest BCUT2D eigenvalue weighted by Gasteiger charge is -2.40. The van der Waals surface area contributed by atoms with E-state index in [9.17, 15) is 40.5 Å². The number of amides is 1. The maximum atomic E-state index is 13.3. The Balaban J connectivity index is 2.18. The molecule has 11 heteroatoms. The smallest absolute Gasteiger partial charge is 0.249 e. The van der Waals surface area contributed by atoms with Gasteiger partial charge in [0.15, 0.2) is 6.29 Å². The van der Waals surface area contributed by atoms with Crippen molar-refractivity contribution in [2.24, 2.45) is 0 Å². The number of ether oxygens (including phenoxy) is 2. The summed E-state index contributed by atoms with van der Waals surface area (Å²) in [4.78, 5) is 13.3. The first-order valence-corrected chi connectivity index (χ1v) is 38.5. The molecule has 9 atom stereocenters. The molecular formula is C78H147NO10. The lowest BCUT2D eigenvalue weighted by Crippen LogP contribution is -2.60. The molecule has 0 spiro atoms. The number of aliphatic hydroxyl groups excluding tert-OH is 7. The van der Waals surface area contributed by atoms with E-state index in [1.807, 2.05) is 0 Å². The average Bonchev–Trinajstić information content (AvgIpc) is 1.72. The van der Waals surface area contributed by atoms with Gasteiger partial charge in [-0.3, -0.25) is 4.79 Å². The van der Waals surface area contributed by atoms with Gasteiger partial charge in [-0.1, -0.05) is 339 Å². The first kappa shape index (κ1) is 85.1. The molecule has 1 aliphatic rings. The quantitative estimate of drug-likeness (QED) is 0.0215. The molecule has 0 aromatic carbocycles. The largest absolute Gasteiger partial charge is 0.394 e. The molecular weight excluding hydrogens is 1110 g/mol. The third-order valence-corrected chi connectivity index (χ3v) is 18.6. The Morgan fingerprint density at radius 3 is 1.07 bits per heavy atom. The van der Waals surface area contributed by atoms with E-state index in [1.165, 1.54) is 283 Å². The van der Waals surface area contributed by atoms with Crippen LogP contribution in [0.15, 0.2) is 48.6 Å². The summed E-state index contributed by atoms with van der Waals surface area (Å²) in [6.45, 7) is 3.50. The molecule has 0 aromatic heterocycles. The van der Waals surface area contributed by atoms with E-state index in [-0.39, 0.29) is 12.8 Å². The second-order valence-corrected chi connectivity index (χ2v) is 27.1. The lowest BCUT2D eigenvalue weighted by atomic mass is 9.98. The first-order valence-electron chi connectivity index (χ1n) is 38.5. The van der Waals surface area contributed by atoms with Crippen LogP contribution in [0, 0.1) is 0 Å². The number of carbonyl (C=O) groups excluding carboxylic acids is 1. The second kappa shape index (κ2) is 66.1. The Labute approximate surface area is 549 Å². The minimum atomic E-state index is -1.67. The predicted octanol–water partition coefficient (Wildman–Crippen LogP) is 19.5. The van der Waals surface area contributed by atoms with Gasteiger partial charge < -0.3 is 50.5 Å². The number of nitrogens with one attached hydrogen (secondary N) is 1. The van der Waals surface area contributed by atoms with Crippen molar-refractivity contribution in [3.8, 4) is 0 Å². The van der Waals surface area contributed by atoms with E-state index in [4.69, 9.17) is 9.47 Å². The van der Waals surface area contributed by atoms with Crippen LogP contribution in [0.5, 0.6) is 0 Å². The first-order chi connectivity index (χ1) is 43.7. The molecule has 0 aliphatic carbocycles. The minimum absolute atomic E-state index is 0.247. The molecule has 1 fully saturated rings. The SMILES string of the molecule is CCCCCCCCCCCCC/C=C\C/C=C\CCCCCCCCCCCCCCCCCCC(O)C(=O)NC(COC1OC(CO)C(O)C(O)C1O)C(O)C(O)CCC/C=C/CC/C=C/CCCCCCCCCCCCCCCCCCCCC. The molecule has 1 heterocycles. The van der Waals surface area contributed by atoms with E-state index >= 15 is 0 Å². The number of aliphatic hydroxyl groups is 7. The van der Waals surface area contributed by atoms with E-state index in [2.05, 4.69) is 67.8 Å². The Morgan fingerprint density at radius 2 is 0.708 bits per heavy atom. The molecule has 524 valence electrons. The van der Waals surface area contributed by atoms with Crippen molar-refractivity contribution < 1.29 is 50.0 Å². The molecule has 1 saturated heterocycles. The fourth-order valence-electron chi connectivity index (χ4n) is 12.4. The Hall–Kier alpha value is -1.93. The topological polar surface area (TPSA) is 189 Å². The van der Waals surface area contributed by atoms with Gasteiger partial charge in [-0.25, -0.2) is 0 Å². The van der Waals surface area contributed by atoms with Crippen LogP contribution in [0.2, 0.25) is 0 Å². The van der Waals surface area contributed by atoms with Gasteiger partial charge in [-0.05, 0) is 83.5 Å². The molecule has 89 heavy (non-hydrogen) atoms. The number of hydrogen-bond donors (Lipinski definition) is 8. The van der Waals surface area contributed by atoms with Crippen LogP contribution in [0.3, 0.4) is 0 Å². The van der Waals surface area contributed by atoms with Gasteiger partial charge >= 0.3 is 0 Å². The predicted molar refractivity (Wildman–Crippen MR) is 376 cm³/mol. The normalized spacial score (nSPS) is 18.8. The van der Waals surface area contributed by atoms with Crippen LogP contribution in [-0.4, -0.2) is 110 Å². The molecule has 1 amide bonds. The van der Waals surface area contributed by atoms with Gasteiger partial charge in [-0.2, -0.15) is 0 Å². The molecule has 9 unspecified atom stereocenters. The standard InChI is InChI=1S/C78H147NO10/c1-3-5-7-9-11-13-15-17-19-21-23-25-27-29-31-33-34-35-36-37-38-40-42-44-46-48-50-52-54-56-58-60-62-64-66-71(82)77(87)79-69(68-88-78-76(86)75(85)74(84)72(67-80)89-78)73(83)70(81)65-63-61-59-57-55-53-51-49-47-45-43-41-39-32-30-28-26-24-22-20-18-16-14-12-10-8-6-4-2/h27,29,33-34,49,51,57,59,69-76,78,80-86H,3-26,28,30-32,35-48,50,52-56,58,60-68H2,1-2H3,(H,79,87)/b29-27-,34-33-,51-49+,59-57+. The number of allylic oxidation sites excluding steroid dienone is 8. The molecule has 11 nitrogen and oxygen atoms in total. The van der Waals surface area contributed by atoms with Crippen molar-refractivity contribution in [2.75, 3.05) is 13.2 Å². The highest BCUT2D eigenvalue weighted by Crippen LogP contribution is 2.24. The second-order valence-electron chi connectivity index (χ2n) is 27.1. The summed E-state index contributed by atoms with van der Waals surface area (Å²) in [6.07, 6.45) is 76.5. The van der Waals surface area contributed by atoms with Gasteiger partial charge in [0, 0.05) is 0 Å². The van der Waals surface area contributed by atoms with Gasteiger partial charge in [0.1, 0.15) is 36.6 Å². The molecule has 1 aliphatic heterocycles. The zero-order valence-electron chi connectivity index (χ0n) is 58.2. The third kappa shape index (κ3) is 53.1. The van der Waals surface area contributed by atoms with E-state index in [1.54, 1.807) is 0 Å². The number of hydrogen-bond acceptors (Lipinski definition) is 10. The summed E-state index contributed by atoms with van der Waals surface area (Å²) < 4.78 is 11.2. The Kier molecular flexibility index (Phi) is 63.2. The van der Waals surface area contributed by atoms with Crippen LogP contribution in [-0.2, 0) is 14.3 Å². The summed E-state index contributed by atoms with van der Waals surface area (Å²) in [5, 5.41) is 76.6. The van der Waals surface area contributed by atoms with E-state index < -0.39 is 74.2 Å². The van der Waals surface area contributed by atoms with E-state index in [0.29, 0.717) is 19.3 Å². The summed E-state index contributed by atoms with van der Waals surface area (Å²) in [7, 11) is 0. The highest BCUT2D eigenvalue weighted by atomic mass is 16.7. The van der Waals surface area contributed by atoms with Crippen LogP contribution in [0.4, 0.5) is 0 Å². The highest BCUT2D eigenvalue weighted by Gasteiger charge is 2.44. The fourth-order valence-corrected chi connectivity index (χ4v) is 12.4. The van der Waals surface area contributed by atoms with Gasteiger partial charge in [0.05, 0.1) is 25.4 Å². The van der Waals surface area contributed by atoms with Crippen LogP contribution < -0.4 is 5.32 Å². The van der Waals surface area contributed by atoms with Crippen molar-refractivity contribution in [1.82, 2.24) is 5.32 Å². The van der Waals surface area contributed by atoms with Crippen molar-refractivity contribution in [2.45, 2.75) is 428 Å². The van der Waals surface area contributed by atoms with Crippen molar-refractivity contribution in [1.29, 1.82) is 0 Å². The number of unbranched alkanes of at least 4 members (excludes halogenated alkanes) is 48. The molecule has 0 saturated carbocycles. The molecule has 0 aromatic rings. The minimum Gasteiger partial charge on any atom is -0.394 e. The van der Waals surface area contributed by atoms with Crippen LogP contribution >= 0.6 is 0 Å². The molecule has 0 bridgehead atoms. The van der Waals surface area contributed by atoms with Crippen molar-refractivity contribution in [3.05, 3.63) is 48.6 Å². The zero-order chi connectivity index (χ0) is 64.6. The Bertz CT molecular complexity index is 1590. The zero-order valence-corrected chi connectivity index (χ0v) is 58.2. The van der Waals surface area contributed by atoms with Gasteiger partial charge in [-0.15, -0.1) is 0 Å². The summed E-state index contributed by atoms with van der Waals surface area (Å²) >= 11 is 0. The van der Waals surface area contributed by atoms with Gasteiger partial charge in [0.25, 0.3) is 0 Å². The van der Waals surface area contributed by atoms with Crippen LogP contribution in [0.1, 0.15) is 373 Å². The van der Waals surface area contributed by atoms with Crippen molar-refractivity contribution in [3.63, 3.8) is 0 Å². The molecule has 8 N–H and O–H groups in total. The summed E-state index contributed by atoms with van der Waals surface area (Å²) in [6, 6.07) is -1.19. The number of carbonyl (C=O) groups is 1. The summed E-state index contributed by atoms with van der Waals surface area (Å²) in [5.74, 6) is -0.705. The molecule has 0 radical (unpaired) electrons. The fraction of sp³-hybridized carbons (Fsp3) is 0.885. The van der Waals surface area contributed by atoms with Gasteiger partial charge in [0.2, 0.25) is 5.91 Å². The monoisotopic (exact) mass is 1260 g/mol.